The number of hydrogen-bond acceptors (Lipinski definition) is 5. The van der Waals surface area contributed by atoms with Crippen LogP contribution in [0, 0.1) is 13.8 Å². The number of aryl methyl sites for hydroxylation is 2. The number of allylic oxidation sites excluding steroid dienone is 1. The fraction of sp³-hybridized carbons (Fsp3) is 0.250. The summed E-state index contributed by atoms with van der Waals surface area (Å²) >= 11 is 0. The van der Waals surface area contributed by atoms with Gasteiger partial charge in [-0.3, -0.25) is 4.79 Å². The number of carbonyl (C=O) groups excluding carboxylic acids is 1. The Morgan fingerprint density at radius 3 is 2.33 bits per heavy atom. The van der Waals surface area contributed by atoms with Gasteiger partial charge in [0.2, 0.25) is 5.78 Å². The smallest absolute Gasteiger partial charge is 0.347 e. The van der Waals surface area contributed by atoms with Crippen LogP contribution >= 0.6 is 0 Å². The number of carbonyl (C=O) groups is 2. The number of furan rings is 1. The van der Waals surface area contributed by atoms with E-state index in [1.165, 1.54) is 19.9 Å². The quantitative estimate of drug-likeness (QED) is 0.427. The van der Waals surface area contributed by atoms with E-state index in [1.54, 1.807) is 25.3 Å². The molecule has 3 rings (SSSR count). The van der Waals surface area contributed by atoms with Gasteiger partial charge in [0, 0.05) is 11.5 Å². The fourth-order valence-electron chi connectivity index (χ4n) is 3.05. The van der Waals surface area contributed by atoms with E-state index >= 15 is 0 Å². The van der Waals surface area contributed by atoms with E-state index in [-0.39, 0.29) is 11.5 Å². The van der Waals surface area contributed by atoms with E-state index in [1.807, 2.05) is 38.1 Å². The Bertz CT molecular complexity index is 1130. The minimum atomic E-state index is -1.34. The molecule has 0 bridgehead atoms. The second kappa shape index (κ2) is 8.06. The molecule has 6 nitrogen and oxygen atoms in total. The number of ether oxygens (including phenoxy) is 2. The highest BCUT2D eigenvalue weighted by Gasteiger charge is 2.30. The van der Waals surface area contributed by atoms with Gasteiger partial charge in [-0.15, -0.1) is 0 Å². The molecule has 6 heteroatoms. The first kappa shape index (κ1) is 21.2. The summed E-state index contributed by atoms with van der Waals surface area (Å²) < 4.78 is 16.5. The van der Waals surface area contributed by atoms with E-state index in [9.17, 15) is 14.7 Å². The Hall–Kier alpha value is -3.54. The molecule has 0 fully saturated rings. The lowest BCUT2D eigenvalue weighted by Gasteiger charge is -2.24. The third-order valence-corrected chi connectivity index (χ3v) is 4.75. The molecular formula is C24H24O6. The first-order chi connectivity index (χ1) is 14.1. The molecule has 2 aromatic carbocycles. The van der Waals surface area contributed by atoms with Crippen molar-refractivity contribution >= 4 is 28.8 Å². The van der Waals surface area contributed by atoms with Crippen LogP contribution in [0.25, 0.3) is 17.0 Å². The Morgan fingerprint density at radius 2 is 1.73 bits per heavy atom. The van der Waals surface area contributed by atoms with Crippen LogP contribution < -0.4 is 9.47 Å². The average Bonchev–Trinajstić information content (AvgIpc) is 3.12. The van der Waals surface area contributed by atoms with Gasteiger partial charge in [0.05, 0.1) is 7.11 Å². The fourth-order valence-corrected chi connectivity index (χ4v) is 3.05. The lowest BCUT2D eigenvalue weighted by Crippen LogP contribution is -2.38. The van der Waals surface area contributed by atoms with Crippen LogP contribution in [0.4, 0.5) is 0 Å². The summed E-state index contributed by atoms with van der Waals surface area (Å²) in [5.41, 5.74) is 1.61. The normalized spacial score (nSPS) is 11.8. The highest BCUT2D eigenvalue weighted by Crippen LogP contribution is 2.29. The van der Waals surface area contributed by atoms with Crippen LogP contribution in [0.5, 0.6) is 11.5 Å². The van der Waals surface area contributed by atoms with E-state index in [2.05, 4.69) is 0 Å². The van der Waals surface area contributed by atoms with Gasteiger partial charge in [0.25, 0.3) is 0 Å². The Kier molecular flexibility index (Phi) is 5.69. The number of benzene rings is 2. The van der Waals surface area contributed by atoms with Crippen molar-refractivity contribution in [2.75, 3.05) is 7.11 Å². The van der Waals surface area contributed by atoms with Gasteiger partial charge in [-0.2, -0.15) is 0 Å². The van der Waals surface area contributed by atoms with Crippen molar-refractivity contribution in [1.82, 2.24) is 0 Å². The Balaban J connectivity index is 1.82. The van der Waals surface area contributed by atoms with Crippen LogP contribution in [-0.2, 0) is 4.79 Å². The van der Waals surface area contributed by atoms with Gasteiger partial charge >= 0.3 is 5.97 Å². The Morgan fingerprint density at radius 1 is 1.07 bits per heavy atom. The minimum Gasteiger partial charge on any atom is -0.497 e. The highest BCUT2D eigenvalue weighted by molar-refractivity contribution is 6.07. The topological polar surface area (TPSA) is 86.0 Å². The van der Waals surface area contributed by atoms with Gasteiger partial charge < -0.3 is 19.0 Å². The second-order valence-electron chi connectivity index (χ2n) is 7.61. The molecule has 30 heavy (non-hydrogen) atoms. The standard InChI is InChI=1S/C24H24O6/c1-14-10-16(11-15(2)22(14)30-24(3,4)23(26)27)6-9-19(25)21-12-17-7-8-18(28-5)13-20(17)29-21/h6-13H,1-5H3,(H,26,27)/b9-6+. The van der Waals surface area contributed by atoms with Gasteiger partial charge in [-0.05, 0) is 80.8 Å². The molecule has 0 atom stereocenters. The molecule has 0 spiro atoms. The maximum atomic E-state index is 12.5. The molecule has 0 radical (unpaired) electrons. The van der Waals surface area contributed by atoms with E-state index < -0.39 is 11.6 Å². The molecule has 0 saturated heterocycles. The maximum Gasteiger partial charge on any atom is 0.347 e. The van der Waals surface area contributed by atoms with Crippen LogP contribution in [0.15, 0.2) is 46.9 Å². The lowest BCUT2D eigenvalue weighted by molar-refractivity contribution is -0.152. The van der Waals surface area contributed by atoms with Gasteiger partial charge in [-0.1, -0.05) is 6.08 Å². The number of methoxy groups -OCH3 is 1. The zero-order valence-corrected chi connectivity index (χ0v) is 17.6. The van der Waals surface area contributed by atoms with Crippen LogP contribution in [0.1, 0.15) is 41.1 Å². The first-order valence-electron chi connectivity index (χ1n) is 9.44. The third kappa shape index (κ3) is 4.38. The molecule has 0 amide bonds. The van der Waals surface area contributed by atoms with E-state index in [0.29, 0.717) is 17.1 Å². The molecule has 1 heterocycles. The number of carboxylic acids is 1. The lowest BCUT2D eigenvalue weighted by atomic mass is 10.0. The molecule has 0 aliphatic carbocycles. The molecule has 0 saturated carbocycles. The first-order valence-corrected chi connectivity index (χ1v) is 9.44. The molecule has 1 N–H and O–H groups in total. The van der Waals surface area contributed by atoms with Crippen LogP contribution in [0.2, 0.25) is 0 Å². The zero-order valence-electron chi connectivity index (χ0n) is 17.6. The number of rotatable bonds is 7. The van der Waals surface area contributed by atoms with Crippen LogP contribution in [0.3, 0.4) is 0 Å². The largest absolute Gasteiger partial charge is 0.497 e. The molecule has 0 aliphatic heterocycles. The van der Waals surface area contributed by atoms with Crippen molar-refractivity contribution in [2.45, 2.75) is 33.3 Å². The summed E-state index contributed by atoms with van der Waals surface area (Å²) in [4.78, 5) is 23.9. The van der Waals surface area contributed by atoms with E-state index in [0.717, 1.165) is 22.1 Å². The summed E-state index contributed by atoms with van der Waals surface area (Å²) in [6, 6.07) is 10.8. The number of ketones is 1. The van der Waals surface area contributed by atoms with Crippen molar-refractivity contribution in [3.8, 4) is 11.5 Å². The van der Waals surface area contributed by atoms with Gasteiger partial charge in [0.1, 0.15) is 17.1 Å². The van der Waals surface area contributed by atoms with Crippen molar-refractivity contribution in [3.05, 3.63) is 64.9 Å². The van der Waals surface area contributed by atoms with Gasteiger partial charge in [0.15, 0.2) is 11.4 Å². The SMILES string of the molecule is COc1ccc2cc(C(=O)/C=C/c3cc(C)c(OC(C)(C)C(=O)O)c(C)c3)oc2c1. The minimum absolute atomic E-state index is 0.242. The molecule has 1 aromatic heterocycles. The Labute approximate surface area is 174 Å². The monoisotopic (exact) mass is 408 g/mol. The summed E-state index contributed by atoms with van der Waals surface area (Å²) in [7, 11) is 1.57. The molecule has 3 aromatic rings. The number of fused-ring (bicyclic) bond motifs is 1. The van der Waals surface area contributed by atoms with Crippen molar-refractivity contribution < 1.29 is 28.6 Å². The third-order valence-electron chi connectivity index (χ3n) is 4.75. The molecule has 0 aliphatic rings. The van der Waals surface area contributed by atoms with Crippen molar-refractivity contribution in [1.29, 1.82) is 0 Å². The predicted octanol–water partition coefficient (Wildman–Crippen LogP) is 5.20. The zero-order chi connectivity index (χ0) is 22.1. The number of carboxylic acid groups (broad SMARTS) is 1. The van der Waals surface area contributed by atoms with Crippen LogP contribution in [-0.4, -0.2) is 29.6 Å². The predicted molar refractivity (Wildman–Crippen MR) is 114 cm³/mol. The molecule has 156 valence electrons. The highest BCUT2D eigenvalue weighted by atomic mass is 16.5. The average molecular weight is 408 g/mol. The number of aliphatic carboxylic acids is 1. The van der Waals surface area contributed by atoms with Crippen molar-refractivity contribution in [2.24, 2.45) is 0 Å². The number of hydrogen-bond donors (Lipinski definition) is 1. The molecular weight excluding hydrogens is 384 g/mol. The van der Waals surface area contributed by atoms with Gasteiger partial charge in [-0.25, -0.2) is 4.79 Å². The summed E-state index contributed by atoms with van der Waals surface area (Å²) in [5.74, 6) is 0.126. The summed E-state index contributed by atoms with van der Waals surface area (Å²) in [5, 5.41) is 10.1. The summed E-state index contributed by atoms with van der Waals surface area (Å²) in [6.07, 6.45) is 3.15. The van der Waals surface area contributed by atoms with Crippen molar-refractivity contribution in [3.63, 3.8) is 0 Å². The molecule has 0 unspecified atom stereocenters. The second-order valence-corrected chi connectivity index (χ2v) is 7.61. The summed E-state index contributed by atoms with van der Waals surface area (Å²) in [6.45, 7) is 6.69. The van der Waals surface area contributed by atoms with E-state index in [4.69, 9.17) is 13.9 Å². The maximum absolute atomic E-state index is 12.5.